The maximum Gasteiger partial charge on any atom is 0.187 e. The van der Waals surface area contributed by atoms with Gasteiger partial charge in [0.05, 0.1) is 11.6 Å². The van der Waals surface area contributed by atoms with Crippen LogP contribution in [0.2, 0.25) is 5.02 Å². The summed E-state index contributed by atoms with van der Waals surface area (Å²) in [6, 6.07) is 14.2. The van der Waals surface area contributed by atoms with Gasteiger partial charge in [0.1, 0.15) is 11.5 Å². The van der Waals surface area contributed by atoms with Crippen molar-refractivity contribution in [3.8, 4) is 11.5 Å². The van der Waals surface area contributed by atoms with Gasteiger partial charge in [0.15, 0.2) is 5.69 Å². The second kappa shape index (κ2) is 4.69. The van der Waals surface area contributed by atoms with Crippen molar-refractivity contribution in [2.45, 2.75) is 0 Å². The minimum absolute atomic E-state index is 0.566. The summed E-state index contributed by atoms with van der Waals surface area (Å²) in [4.78, 5) is 3.30. The van der Waals surface area contributed by atoms with Crippen LogP contribution in [0.15, 0.2) is 48.5 Å². The van der Waals surface area contributed by atoms with Crippen molar-refractivity contribution in [1.29, 1.82) is 0 Å². The van der Waals surface area contributed by atoms with E-state index in [0.717, 1.165) is 0 Å². The largest absolute Gasteiger partial charge is 0.456 e. The molecule has 3 heteroatoms. The zero-order valence-corrected chi connectivity index (χ0v) is 9.11. The van der Waals surface area contributed by atoms with Crippen LogP contribution in [0.4, 0.5) is 5.69 Å². The topological polar surface area (TPSA) is 13.6 Å². The molecule has 0 heterocycles. The molecular weight excluding hydrogens is 222 g/mol. The van der Waals surface area contributed by atoms with Crippen LogP contribution in [0.25, 0.3) is 4.85 Å². The molecule has 0 bridgehead atoms. The molecular formula is C13H8ClNO. The smallest absolute Gasteiger partial charge is 0.187 e. The molecule has 0 fully saturated rings. The van der Waals surface area contributed by atoms with Crippen molar-refractivity contribution in [3.63, 3.8) is 0 Å². The molecule has 0 aliphatic carbocycles. The Kier molecular flexibility index (Phi) is 3.09. The number of hydrogen-bond donors (Lipinski definition) is 0. The zero-order chi connectivity index (χ0) is 11.4. The number of hydrogen-bond acceptors (Lipinski definition) is 1. The molecule has 0 saturated carbocycles. The van der Waals surface area contributed by atoms with Crippen LogP contribution in [0.3, 0.4) is 0 Å². The maximum absolute atomic E-state index is 6.83. The summed E-state index contributed by atoms with van der Waals surface area (Å²) in [5.41, 5.74) is 0.589. The minimum atomic E-state index is 0.566. The van der Waals surface area contributed by atoms with E-state index in [1.165, 1.54) is 0 Å². The van der Waals surface area contributed by atoms with Crippen LogP contribution >= 0.6 is 11.6 Å². The summed E-state index contributed by atoms with van der Waals surface area (Å²) in [7, 11) is 0. The fourth-order valence-corrected chi connectivity index (χ4v) is 1.42. The van der Waals surface area contributed by atoms with E-state index in [1.54, 1.807) is 36.4 Å². The third-order valence-electron chi connectivity index (χ3n) is 2.03. The first-order valence-corrected chi connectivity index (χ1v) is 5.07. The van der Waals surface area contributed by atoms with E-state index in [0.29, 0.717) is 22.2 Å². The Balaban J connectivity index is 2.22. The van der Waals surface area contributed by atoms with Gasteiger partial charge in [-0.25, -0.2) is 4.85 Å². The van der Waals surface area contributed by atoms with Crippen molar-refractivity contribution in [2.24, 2.45) is 0 Å². The van der Waals surface area contributed by atoms with Gasteiger partial charge in [-0.05, 0) is 24.3 Å². The van der Waals surface area contributed by atoms with E-state index >= 15 is 0 Å². The van der Waals surface area contributed by atoms with Gasteiger partial charge in [0.2, 0.25) is 0 Å². The van der Waals surface area contributed by atoms with Gasteiger partial charge in [0.25, 0.3) is 0 Å². The Morgan fingerprint density at radius 1 is 1.00 bits per heavy atom. The second-order valence-corrected chi connectivity index (χ2v) is 3.55. The Bertz CT molecular complexity index is 528. The average Bonchev–Trinajstić information content (AvgIpc) is 2.33. The average molecular weight is 230 g/mol. The quantitative estimate of drug-likeness (QED) is 0.682. The highest BCUT2D eigenvalue weighted by Crippen LogP contribution is 2.29. The van der Waals surface area contributed by atoms with Crippen molar-refractivity contribution >= 4 is 17.3 Å². The van der Waals surface area contributed by atoms with E-state index in [9.17, 15) is 0 Å². The van der Waals surface area contributed by atoms with Crippen molar-refractivity contribution in [2.75, 3.05) is 0 Å². The van der Waals surface area contributed by atoms with Crippen LogP contribution in [0.5, 0.6) is 11.5 Å². The van der Waals surface area contributed by atoms with Crippen LogP contribution in [-0.4, -0.2) is 0 Å². The molecule has 0 unspecified atom stereocenters. The highest BCUT2D eigenvalue weighted by Gasteiger charge is 2.01. The Morgan fingerprint density at radius 3 is 2.31 bits per heavy atom. The number of para-hydroxylation sites is 1. The van der Waals surface area contributed by atoms with Crippen molar-refractivity contribution in [1.82, 2.24) is 0 Å². The standard InChI is InChI=1S/C13H8ClNO/c1-15-10-6-8-11(9-7-10)16-13-5-3-2-4-12(13)14/h2-9H. The first-order chi connectivity index (χ1) is 7.79. The van der Waals surface area contributed by atoms with Gasteiger partial charge in [-0.2, -0.15) is 0 Å². The van der Waals surface area contributed by atoms with Crippen LogP contribution in [0, 0.1) is 6.57 Å². The second-order valence-electron chi connectivity index (χ2n) is 3.14. The van der Waals surface area contributed by atoms with Gasteiger partial charge in [-0.15, -0.1) is 0 Å². The molecule has 0 saturated heterocycles. The fraction of sp³-hybridized carbons (Fsp3) is 0. The summed E-state index contributed by atoms with van der Waals surface area (Å²) in [6.45, 7) is 6.83. The molecule has 0 aromatic heterocycles. The Hall–Kier alpha value is -1.98. The third kappa shape index (κ3) is 2.33. The van der Waals surface area contributed by atoms with E-state index < -0.39 is 0 Å². The summed E-state index contributed by atoms with van der Waals surface area (Å²) < 4.78 is 5.57. The molecule has 0 spiro atoms. The molecule has 2 rings (SSSR count). The molecule has 0 amide bonds. The molecule has 2 aromatic rings. The zero-order valence-electron chi connectivity index (χ0n) is 8.35. The summed E-state index contributed by atoms with van der Waals surface area (Å²) in [6.07, 6.45) is 0. The molecule has 0 atom stereocenters. The van der Waals surface area contributed by atoms with Crippen molar-refractivity contribution in [3.05, 3.63) is 65.0 Å². The SMILES string of the molecule is [C-]#[N+]c1ccc(Oc2ccccc2Cl)cc1. The van der Waals surface area contributed by atoms with Crippen LogP contribution in [0.1, 0.15) is 0 Å². The van der Waals surface area contributed by atoms with Crippen molar-refractivity contribution < 1.29 is 4.74 Å². The predicted molar refractivity (Wildman–Crippen MR) is 64.2 cm³/mol. The Labute approximate surface area is 98.9 Å². The van der Waals surface area contributed by atoms with Gasteiger partial charge in [-0.1, -0.05) is 35.9 Å². The lowest BCUT2D eigenvalue weighted by molar-refractivity contribution is 0.483. The molecule has 0 N–H and O–H groups in total. The van der Waals surface area contributed by atoms with E-state index in [-0.39, 0.29) is 0 Å². The number of rotatable bonds is 2. The normalized spacial score (nSPS) is 9.50. The van der Waals surface area contributed by atoms with Gasteiger partial charge >= 0.3 is 0 Å². The molecule has 0 aliphatic rings. The van der Waals surface area contributed by atoms with Gasteiger partial charge in [-0.3, -0.25) is 0 Å². The molecule has 0 radical (unpaired) electrons. The number of ether oxygens (including phenoxy) is 1. The van der Waals surface area contributed by atoms with Gasteiger partial charge < -0.3 is 4.74 Å². The number of benzene rings is 2. The number of halogens is 1. The molecule has 2 nitrogen and oxygen atoms in total. The predicted octanol–water partition coefficient (Wildman–Crippen LogP) is 4.68. The van der Waals surface area contributed by atoms with Crippen LogP contribution in [-0.2, 0) is 0 Å². The monoisotopic (exact) mass is 229 g/mol. The van der Waals surface area contributed by atoms with Gasteiger partial charge in [0, 0.05) is 0 Å². The fourth-order valence-electron chi connectivity index (χ4n) is 1.24. The summed E-state index contributed by atoms with van der Waals surface area (Å²) in [5.74, 6) is 1.28. The molecule has 78 valence electrons. The lowest BCUT2D eigenvalue weighted by Crippen LogP contribution is -1.83. The first-order valence-electron chi connectivity index (χ1n) is 4.69. The Morgan fingerprint density at radius 2 is 1.69 bits per heavy atom. The van der Waals surface area contributed by atoms with E-state index in [2.05, 4.69) is 4.85 Å². The lowest BCUT2D eigenvalue weighted by atomic mass is 10.3. The van der Waals surface area contributed by atoms with E-state index in [4.69, 9.17) is 22.9 Å². The lowest BCUT2D eigenvalue weighted by Gasteiger charge is -2.06. The van der Waals surface area contributed by atoms with Crippen LogP contribution < -0.4 is 4.74 Å². The summed E-state index contributed by atoms with van der Waals surface area (Å²) >= 11 is 5.96. The van der Waals surface area contributed by atoms with E-state index in [1.807, 2.05) is 12.1 Å². The summed E-state index contributed by atoms with van der Waals surface area (Å²) in [5, 5.41) is 0.566. The molecule has 0 aliphatic heterocycles. The highest BCUT2D eigenvalue weighted by molar-refractivity contribution is 6.32. The highest BCUT2D eigenvalue weighted by atomic mass is 35.5. The maximum atomic E-state index is 6.83. The molecule has 16 heavy (non-hydrogen) atoms. The molecule has 2 aromatic carbocycles. The first kappa shape index (κ1) is 10.5. The minimum Gasteiger partial charge on any atom is -0.456 e. The number of nitrogens with zero attached hydrogens (tertiary/aromatic N) is 1. The third-order valence-corrected chi connectivity index (χ3v) is 2.34.